The van der Waals surface area contributed by atoms with Crippen LogP contribution in [0.1, 0.15) is 25.7 Å². The molecule has 0 aromatic rings. The fourth-order valence-corrected chi connectivity index (χ4v) is 2.06. The van der Waals surface area contributed by atoms with Gasteiger partial charge in [0.15, 0.2) is 0 Å². The van der Waals surface area contributed by atoms with Crippen LogP contribution in [-0.4, -0.2) is 46.3 Å². The van der Waals surface area contributed by atoms with Gasteiger partial charge in [0.25, 0.3) is 0 Å². The second kappa shape index (κ2) is 5.84. The standard InChI is InChI=1S/C10H18BO4/c1-2-10(3-6-13-7-4-10)15-11-14-9-8-12-5-1/h1-9H2. The third kappa shape index (κ3) is 3.45. The Morgan fingerprint density at radius 1 is 0.800 bits per heavy atom. The first kappa shape index (κ1) is 11.4. The maximum atomic E-state index is 5.76. The molecule has 4 nitrogen and oxygen atoms in total. The Bertz CT molecular complexity index is 170. The number of hydrogen-bond acceptors (Lipinski definition) is 4. The highest BCUT2D eigenvalue weighted by Crippen LogP contribution is 2.30. The van der Waals surface area contributed by atoms with Crippen LogP contribution in [0.5, 0.6) is 0 Å². The fourth-order valence-electron chi connectivity index (χ4n) is 2.06. The molecule has 5 heteroatoms. The molecule has 0 N–H and O–H groups in total. The highest BCUT2D eigenvalue weighted by molar-refractivity contribution is 6.18. The van der Waals surface area contributed by atoms with Gasteiger partial charge in [-0.2, -0.15) is 0 Å². The van der Waals surface area contributed by atoms with Crippen LogP contribution in [0.3, 0.4) is 0 Å². The first-order valence-corrected chi connectivity index (χ1v) is 5.68. The molecule has 0 saturated carbocycles. The highest BCUT2D eigenvalue weighted by atomic mass is 16.6. The summed E-state index contributed by atoms with van der Waals surface area (Å²) in [5, 5.41) is 0. The van der Waals surface area contributed by atoms with Gasteiger partial charge in [-0.15, -0.1) is 0 Å². The van der Waals surface area contributed by atoms with Gasteiger partial charge >= 0.3 is 7.69 Å². The van der Waals surface area contributed by atoms with Gasteiger partial charge in [-0.05, 0) is 25.7 Å². The summed E-state index contributed by atoms with van der Waals surface area (Å²) in [5.74, 6) is 0. The first-order chi connectivity index (χ1) is 7.41. The zero-order valence-electron chi connectivity index (χ0n) is 9.07. The van der Waals surface area contributed by atoms with Crippen molar-refractivity contribution in [3.8, 4) is 0 Å². The van der Waals surface area contributed by atoms with Gasteiger partial charge in [0.05, 0.1) is 18.8 Å². The van der Waals surface area contributed by atoms with E-state index in [1.807, 2.05) is 0 Å². The Kier molecular flexibility index (Phi) is 4.44. The summed E-state index contributed by atoms with van der Waals surface area (Å²) < 4.78 is 21.8. The van der Waals surface area contributed by atoms with Gasteiger partial charge in [0.2, 0.25) is 0 Å². The summed E-state index contributed by atoms with van der Waals surface area (Å²) in [7, 11) is 1.49. The summed E-state index contributed by atoms with van der Waals surface area (Å²) in [6, 6.07) is 0. The minimum Gasteiger partial charge on any atom is -0.411 e. The highest BCUT2D eigenvalue weighted by Gasteiger charge is 2.33. The van der Waals surface area contributed by atoms with Crippen LogP contribution >= 0.6 is 0 Å². The largest absolute Gasteiger partial charge is 0.488 e. The maximum Gasteiger partial charge on any atom is 0.488 e. The summed E-state index contributed by atoms with van der Waals surface area (Å²) in [5.41, 5.74) is -0.0705. The van der Waals surface area contributed by atoms with E-state index in [-0.39, 0.29) is 5.60 Å². The average Bonchev–Trinajstić information content (AvgIpc) is 2.29. The molecule has 0 aromatic carbocycles. The van der Waals surface area contributed by atoms with Crippen LogP contribution in [0.4, 0.5) is 0 Å². The predicted molar refractivity (Wildman–Crippen MR) is 55.6 cm³/mol. The topological polar surface area (TPSA) is 36.9 Å². The lowest BCUT2D eigenvalue weighted by Gasteiger charge is -2.37. The molecule has 0 amide bonds. The van der Waals surface area contributed by atoms with Crippen LogP contribution in [0.25, 0.3) is 0 Å². The molecule has 0 unspecified atom stereocenters. The number of ether oxygens (including phenoxy) is 2. The average molecular weight is 213 g/mol. The van der Waals surface area contributed by atoms with Crippen molar-refractivity contribution < 1.29 is 18.8 Å². The van der Waals surface area contributed by atoms with Crippen LogP contribution < -0.4 is 0 Å². The van der Waals surface area contributed by atoms with Crippen molar-refractivity contribution in [2.75, 3.05) is 33.0 Å². The molecular weight excluding hydrogens is 195 g/mol. The van der Waals surface area contributed by atoms with Crippen molar-refractivity contribution in [1.29, 1.82) is 0 Å². The van der Waals surface area contributed by atoms with Crippen molar-refractivity contribution in [2.45, 2.75) is 31.3 Å². The molecule has 2 fully saturated rings. The molecule has 0 aromatic heterocycles. The minimum absolute atomic E-state index is 0.0705. The molecule has 1 spiro atoms. The normalized spacial score (nSPS) is 28.3. The molecule has 2 aliphatic rings. The monoisotopic (exact) mass is 213 g/mol. The van der Waals surface area contributed by atoms with Crippen molar-refractivity contribution in [3.05, 3.63) is 0 Å². The van der Waals surface area contributed by atoms with Crippen LogP contribution in [0.15, 0.2) is 0 Å². The van der Waals surface area contributed by atoms with E-state index in [0.29, 0.717) is 13.2 Å². The number of rotatable bonds is 0. The van der Waals surface area contributed by atoms with Gasteiger partial charge in [0, 0.05) is 19.8 Å². The van der Waals surface area contributed by atoms with Crippen molar-refractivity contribution in [2.24, 2.45) is 0 Å². The lowest BCUT2D eigenvalue weighted by molar-refractivity contribution is -0.0687. The zero-order valence-corrected chi connectivity index (χ0v) is 9.07. The van der Waals surface area contributed by atoms with Crippen LogP contribution in [0, 0.1) is 0 Å². The molecule has 2 saturated heterocycles. The summed E-state index contributed by atoms with van der Waals surface area (Å²) >= 11 is 0. The lowest BCUT2D eigenvalue weighted by Crippen LogP contribution is -2.41. The van der Waals surface area contributed by atoms with E-state index in [2.05, 4.69) is 0 Å². The van der Waals surface area contributed by atoms with E-state index in [9.17, 15) is 0 Å². The maximum absolute atomic E-state index is 5.76. The molecule has 2 heterocycles. The molecule has 15 heavy (non-hydrogen) atoms. The molecule has 85 valence electrons. The van der Waals surface area contributed by atoms with Crippen molar-refractivity contribution in [1.82, 2.24) is 0 Å². The van der Waals surface area contributed by atoms with E-state index >= 15 is 0 Å². The Morgan fingerprint density at radius 2 is 1.60 bits per heavy atom. The summed E-state index contributed by atoms with van der Waals surface area (Å²) in [6.45, 7) is 3.60. The van der Waals surface area contributed by atoms with Gasteiger partial charge in [0.1, 0.15) is 0 Å². The van der Waals surface area contributed by atoms with E-state index < -0.39 is 0 Å². The van der Waals surface area contributed by atoms with Gasteiger partial charge < -0.3 is 18.8 Å². The molecule has 0 atom stereocenters. The van der Waals surface area contributed by atoms with E-state index in [1.54, 1.807) is 0 Å². The molecular formula is C10H18BO4. The van der Waals surface area contributed by atoms with E-state index in [1.165, 1.54) is 7.69 Å². The molecule has 2 aliphatic heterocycles. The Balaban J connectivity index is 1.87. The smallest absolute Gasteiger partial charge is 0.411 e. The third-order valence-corrected chi connectivity index (χ3v) is 3.04. The molecule has 0 bridgehead atoms. The van der Waals surface area contributed by atoms with Crippen molar-refractivity contribution in [3.63, 3.8) is 0 Å². The molecule has 2 rings (SSSR count). The van der Waals surface area contributed by atoms with Crippen molar-refractivity contribution >= 4 is 7.69 Å². The minimum atomic E-state index is -0.0705. The van der Waals surface area contributed by atoms with Gasteiger partial charge in [-0.3, -0.25) is 0 Å². The zero-order chi connectivity index (χ0) is 10.4. The van der Waals surface area contributed by atoms with Gasteiger partial charge in [-0.25, -0.2) is 0 Å². The summed E-state index contributed by atoms with van der Waals surface area (Å²) in [6.07, 6.45) is 3.98. The van der Waals surface area contributed by atoms with Crippen LogP contribution in [0.2, 0.25) is 0 Å². The van der Waals surface area contributed by atoms with E-state index in [0.717, 1.165) is 45.5 Å². The Labute approximate surface area is 91.5 Å². The van der Waals surface area contributed by atoms with Gasteiger partial charge in [-0.1, -0.05) is 0 Å². The summed E-state index contributed by atoms with van der Waals surface area (Å²) in [4.78, 5) is 0. The third-order valence-electron chi connectivity index (χ3n) is 3.04. The number of hydrogen-bond donors (Lipinski definition) is 0. The Morgan fingerprint density at radius 3 is 2.47 bits per heavy atom. The molecule has 1 radical (unpaired) electrons. The fraction of sp³-hybridized carbons (Fsp3) is 1.00. The first-order valence-electron chi connectivity index (χ1n) is 5.68. The second-order valence-electron chi connectivity index (χ2n) is 4.10. The lowest BCUT2D eigenvalue weighted by atomic mass is 9.88. The SMILES string of the molecule is [B]1OCCOCCCC2(CCOCC2)O1. The second-order valence-corrected chi connectivity index (χ2v) is 4.10. The Hall–Kier alpha value is -0.0951. The molecule has 0 aliphatic carbocycles. The van der Waals surface area contributed by atoms with Crippen LogP contribution in [-0.2, 0) is 18.8 Å². The van der Waals surface area contributed by atoms with E-state index in [4.69, 9.17) is 18.8 Å². The quantitative estimate of drug-likeness (QED) is 0.560. The predicted octanol–water partition coefficient (Wildman–Crippen LogP) is 0.913.